The molecule has 3 aromatic carbocycles. The van der Waals surface area contributed by atoms with Crippen LogP contribution in [0.3, 0.4) is 0 Å². The third kappa shape index (κ3) is 5.85. The van der Waals surface area contributed by atoms with Crippen LogP contribution in [0.2, 0.25) is 0 Å². The van der Waals surface area contributed by atoms with E-state index in [1.54, 1.807) is 55.6 Å². The summed E-state index contributed by atoms with van der Waals surface area (Å²) in [5, 5.41) is 2.80. The smallest absolute Gasteiger partial charge is 0.349 e. The van der Waals surface area contributed by atoms with Gasteiger partial charge in [-0.2, -0.15) is 0 Å². The molecule has 0 aliphatic rings. The summed E-state index contributed by atoms with van der Waals surface area (Å²) in [4.78, 5) is 24.5. The van der Waals surface area contributed by atoms with E-state index in [2.05, 4.69) is 11.4 Å². The summed E-state index contributed by atoms with van der Waals surface area (Å²) < 4.78 is 16.0. The molecule has 3 aromatic rings. The van der Waals surface area contributed by atoms with E-state index in [9.17, 15) is 9.59 Å². The van der Waals surface area contributed by atoms with E-state index in [0.717, 1.165) is 16.7 Å². The normalized spacial score (nSPS) is 10.3. The van der Waals surface area contributed by atoms with E-state index in [0.29, 0.717) is 28.5 Å². The number of ether oxygens (including phenoxy) is 3. The van der Waals surface area contributed by atoms with E-state index in [1.807, 2.05) is 26.8 Å². The Bertz CT molecular complexity index is 1070. The predicted octanol–water partition coefficient (Wildman–Crippen LogP) is 4.86. The Labute approximate surface area is 181 Å². The standard InChI is InChI=1S/C25H25NO5/c1-16-13-17(2)18(3)23(14-16)30-15-24(27)31-22-9-5-19(6-10-22)25(28)26-20-7-11-21(29-4)12-8-20/h5-14H,15H2,1-4H3,(H,26,28). The van der Waals surface area contributed by atoms with Crippen LogP contribution in [0.25, 0.3) is 0 Å². The zero-order chi connectivity index (χ0) is 22.4. The summed E-state index contributed by atoms with van der Waals surface area (Å²) in [6.07, 6.45) is 0. The molecule has 160 valence electrons. The van der Waals surface area contributed by atoms with Gasteiger partial charge in [-0.3, -0.25) is 4.79 Å². The number of esters is 1. The second-order valence-electron chi connectivity index (χ2n) is 7.17. The highest BCUT2D eigenvalue weighted by Gasteiger charge is 2.11. The molecule has 0 fully saturated rings. The van der Waals surface area contributed by atoms with Gasteiger partial charge < -0.3 is 19.5 Å². The van der Waals surface area contributed by atoms with Crippen LogP contribution in [0.4, 0.5) is 5.69 Å². The van der Waals surface area contributed by atoms with Crippen LogP contribution in [0, 0.1) is 20.8 Å². The maximum Gasteiger partial charge on any atom is 0.349 e. The fourth-order valence-electron chi connectivity index (χ4n) is 3.00. The fraction of sp³-hybridized carbons (Fsp3) is 0.200. The lowest BCUT2D eigenvalue weighted by Gasteiger charge is -2.12. The van der Waals surface area contributed by atoms with E-state index < -0.39 is 5.97 Å². The van der Waals surface area contributed by atoms with E-state index in [1.165, 1.54) is 0 Å². The molecule has 6 heteroatoms. The van der Waals surface area contributed by atoms with Crippen molar-refractivity contribution in [1.82, 2.24) is 0 Å². The summed E-state index contributed by atoms with van der Waals surface area (Å²) >= 11 is 0. The number of carbonyl (C=O) groups excluding carboxylic acids is 2. The van der Waals surface area contributed by atoms with Gasteiger partial charge >= 0.3 is 5.97 Å². The second kappa shape index (κ2) is 9.80. The molecule has 0 saturated carbocycles. The van der Waals surface area contributed by atoms with E-state index in [-0.39, 0.29) is 12.5 Å². The van der Waals surface area contributed by atoms with Crippen LogP contribution in [0.15, 0.2) is 60.7 Å². The number of anilines is 1. The first kappa shape index (κ1) is 21.9. The first-order valence-corrected chi connectivity index (χ1v) is 9.82. The van der Waals surface area contributed by atoms with Crippen LogP contribution < -0.4 is 19.5 Å². The first-order chi connectivity index (χ1) is 14.9. The molecule has 0 unspecified atom stereocenters. The predicted molar refractivity (Wildman–Crippen MR) is 119 cm³/mol. The van der Waals surface area contributed by atoms with Gasteiger partial charge in [0.15, 0.2) is 6.61 Å². The quantitative estimate of drug-likeness (QED) is 0.437. The summed E-state index contributed by atoms with van der Waals surface area (Å²) in [5.41, 5.74) is 4.25. The number of rotatable bonds is 7. The Morgan fingerprint density at radius 1 is 0.871 bits per heavy atom. The minimum absolute atomic E-state index is 0.205. The average Bonchev–Trinajstić information content (AvgIpc) is 2.76. The number of benzene rings is 3. The van der Waals surface area contributed by atoms with Crippen molar-refractivity contribution < 1.29 is 23.8 Å². The molecule has 0 heterocycles. The van der Waals surface area contributed by atoms with E-state index >= 15 is 0 Å². The topological polar surface area (TPSA) is 73.9 Å². The molecular formula is C25H25NO5. The summed E-state index contributed by atoms with van der Waals surface area (Å²) in [5.74, 6) is 0.929. The highest BCUT2D eigenvalue weighted by Crippen LogP contribution is 2.23. The molecule has 0 saturated heterocycles. The minimum atomic E-state index is -0.519. The third-order valence-corrected chi connectivity index (χ3v) is 4.81. The van der Waals surface area contributed by atoms with Gasteiger partial charge in [0.1, 0.15) is 17.2 Å². The lowest BCUT2D eigenvalue weighted by molar-refractivity contribution is -0.136. The Morgan fingerprint density at radius 3 is 2.16 bits per heavy atom. The van der Waals surface area contributed by atoms with Crippen molar-refractivity contribution >= 4 is 17.6 Å². The van der Waals surface area contributed by atoms with Crippen molar-refractivity contribution in [3.05, 3.63) is 82.9 Å². The van der Waals surface area contributed by atoms with Gasteiger partial charge in [-0.1, -0.05) is 6.07 Å². The summed E-state index contributed by atoms with van der Waals surface area (Å²) in [6.45, 7) is 5.72. The number of carbonyl (C=O) groups is 2. The Morgan fingerprint density at radius 2 is 1.52 bits per heavy atom. The molecule has 0 aromatic heterocycles. The maximum atomic E-state index is 12.4. The third-order valence-electron chi connectivity index (χ3n) is 4.81. The molecule has 31 heavy (non-hydrogen) atoms. The highest BCUT2D eigenvalue weighted by molar-refractivity contribution is 6.04. The lowest BCUT2D eigenvalue weighted by Crippen LogP contribution is -2.18. The van der Waals surface area contributed by atoms with Gasteiger partial charge in [0.2, 0.25) is 0 Å². The zero-order valence-electron chi connectivity index (χ0n) is 18.0. The molecule has 6 nitrogen and oxygen atoms in total. The average molecular weight is 419 g/mol. The molecule has 0 aliphatic carbocycles. The molecule has 1 amide bonds. The van der Waals surface area contributed by atoms with Crippen LogP contribution in [0.1, 0.15) is 27.0 Å². The Hall–Kier alpha value is -3.80. The van der Waals surface area contributed by atoms with Gasteiger partial charge in [-0.05, 0) is 92.1 Å². The number of nitrogens with one attached hydrogen (secondary N) is 1. The molecule has 0 spiro atoms. The highest BCUT2D eigenvalue weighted by atomic mass is 16.6. The maximum absolute atomic E-state index is 12.4. The summed E-state index contributed by atoms with van der Waals surface area (Å²) in [6, 6.07) is 17.3. The molecule has 0 radical (unpaired) electrons. The van der Waals surface area contributed by atoms with Crippen molar-refractivity contribution in [3.63, 3.8) is 0 Å². The van der Waals surface area contributed by atoms with Gasteiger partial charge in [0, 0.05) is 11.3 Å². The van der Waals surface area contributed by atoms with Crippen LogP contribution >= 0.6 is 0 Å². The van der Waals surface area contributed by atoms with Crippen LogP contribution in [-0.4, -0.2) is 25.6 Å². The summed E-state index contributed by atoms with van der Waals surface area (Å²) in [7, 11) is 1.58. The second-order valence-corrected chi connectivity index (χ2v) is 7.17. The Kier molecular flexibility index (Phi) is 6.92. The lowest BCUT2D eigenvalue weighted by atomic mass is 10.1. The van der Waals surface area contributed by atoms with Crippen molar-refractivity contribution in [1.29, 1.82) is 0 Å². The van der Waals surface area contributed by atoms with Gasteiger partial charge in [0.05, 0.1) is 7.11 Å². The van der Waals surface area contributed by atoms with Crippen molar-refractivity contribution in [2.45, 2.75) is 20.8 Å². The van der Waals surface area contributed by atoms with Gasteiger partial charge in [-0.25, -0.2) is 4.79 Å². The van der Waals surface area contributed by atoms with E-state index in [4.69, 9.17) is 14.2 Å². The molecule has 3 rings (SSSR count). The number of amides is 1. The van der Waals surface area contributed by atoms with Crippen molar-refractivity contribution in [2.24, 2.45) is 0 Å². The fourth-order valence-corrected chi connectivity index (χ4v) is 3.00. The van der Waals surface area contributed by atoms with Gasteiger partial charge in [0.25, 0.3) is 5.91 Å². The number of hydrogen-bond donors (Lipinski definition) is 1. The Balaban J connectivity index is 1.54. The monoisotopic (exact) mass is 419 g/mol. The van der Waals surface area contributed by atoms with Crippen LogP contribution in [0.5, 0.6) is 17.2 Å². The molecule has 0 aliphatic heterocycles. The zero-order valence-corrected chi connectivity index (χ0v) is 18.0. The molecule has 1 N–H and O–H groups in total. The molecule has 0 bridgehead atoms. The number of methoxy groups -OCH3 is 1. The van der Waals surface area contributed by atoms with Crippen molar-refractivity contribution in [3.8, 4) is 17.2 Å². The first-order valence-electron chi connectivity index (χ1n) is 9.82. The number of aryl methyl sites for hydroxylation is 2. The molecule has 0 atom stereocenters. The van der Waals surface area contributed by atoms with Crippen LogP contribution in [-0.2, 0) is 4.79 Å². The largest absolute Gasteiger partial charge is 0.497 e. The van der Waals surface area contributed by atoms with Gasteiger partial charge in [-0.15, -0.1) is 0 Å². The number of hydrogen-bond acceptors (Lipinski definition) is 5. The minimum Gasteiger partial charge on any atom is -0.497 e. The van der Waals surface area contributed by atoms with Crippen molar-refractivity contribution in [2.75, 3.05) is 19.0 Å². The SMILES string of the molecule is COc1ccc(NC(=O)c2ccc(OC(=O)COc3cc(C)cc(C)c3C)cc2)cc1. The molecular weight excluding hydrogens is 394 g/mol.